The van der Waals surface area contributed by atoms with Gasteiger partial charge >= 0.3 is 0 Å². The van der Waals surface area contributed by atoms with Crippen molar-refractivity contribution in [2.45, 2.75) is 38.6 Å². The minimum Gasteiger partial charge on any atom is -0.357 e. The molecule has 2 fully saturated rings. The number of likely N-dealkylation sites (tertiary alicyclic amines) is 1. The molecule has 0 aliphatic carbocycles. The Morgan fingerprint density at radius 1 is 1.16 bits per heavy atom. The first kappa shape index (κ1) is 16.0. The van der Waals surface area contributed by atoms with Crippen LogP contribution in [0.25, 0.3) is 0 Å². The second-order valence-corrected chi connectivity index (χ2v) is 6.84. The highest BCUT2D eigenvalue weighted by atomic mass is 16.2. The predicted octanol–water partition coefficient (Wildman–Crippen LogP) is 2.76. The number of hydrogen-bond donors (Lipinski definition) is 0. The number of pyridine rings is 1. The Labute approximate surface area is 147 Å². The highest BCUT2D eigenvalue weighted by molar-refractivity contribution is 5.95. The summed E-state index contributed by atoms with van der Waals surface area (Å²) in [5, 5.41) is 0. The summed E-state index contributed by atoms with van der Waals surface area (Å²) in [6.45, 7) is 4.75. The van der Waals surface area contributed by atoms with E-state index < -0.39 is 0 Å². The van der Waals surface area contributed by atoms with Gasteiger partial charge in [0.05, 0.1) is 23.6 Å². The van der Waals surface area contributed by atoms with Crippen molar-refractivity contribution < 1.29 is 4.79 Å². The number of anilines is 1. The lowest BCUT2D eigenvalue weighted by Gasteiger charge is -2.25. The minimum absolute atomic E-state index is 0.0169. The molecule has 0 bridgehead atoms. The van der Waals surface area contributed by atoms with Crippen molar-refractivity contribution in [1.29, 1.82) is 0 Å². The van der Waals surface area contributed by atoms with E-state index >= 15 is 0 Å². The van der Waals surface area contributed by atoms with Crippen molar-refractivity contribution in [1.82, 2.24) is 19.9 Å². The summed E-state index contributed by atoms with van der Waals surface area (Å²) in [6.07, 6.45) is 9.60. The second-order valence-electron chi connectivity index (χ2n) is 6.84. The average Bonchev–Trinajstić information content (AvgIpc) is 3.33. The summed E-state index contributed by atoms with van der Waals surface area (Å²) in [7, 11) is 0. The summed E-state index contributed by atoms with van der Waals surface area (Å²) in [5.41, 5.74) is 2.49. The van der Waals surface area contributed by atoms with Gasteiger partial charge in [0.1, 0.15) is 5.82 Å². The molecule has 2 aliphatic rings. The molecule has 0 saturated carbocycles. The van der Waals surface area contributed by atoms with E-state index in [0.29, 0.717) is 5.56 Å². The molecule has 25 heavy (non-hydrogen) atoms. The van der Waals surface area contributed by atoms with Gasteiger partial charge in [-0.05, 0) is 44.7 Å². The van der Waals surface area contributed by atoms with E-state index in [9.17, 15) is 4.79 Å². The van der Waals surface area contributed by atoms with E-state index in [1.54, 1.807) is 18.6 Å². The number of carbonyl (C=O) groups is 1. The molecule has 0 N–H and O–H groups in total. The molecule has 6 nitrogen and oxygen atoms in total. The maximum absolute atomic E-state index is 13.1. The van der Waals surface area contributed by atoms with Crippen molar-refractivity contribution in [3.05, 3.63) is 47.7 Å². The largest absolute Gasteiger partial charge is 0.357 e. The molecule has 1 amide bonds. The third-order valence-corrected chi connectivity index (χ3v) is 5.05. The molecule has 2 saturated heterocycles. The predicted molar refractivity (Wildman–Crippen MR) is 95.5 cm³/mol. The second kappa shape index (κ2) is 6.78. The smallest absolute Gasteiger partial charge is 0.254 e. The molecule has 4 heterocycles. The number of hydrogen-bond acceptors (Lipinski definition) is 5. The lowest BCUT2D eigenvalue weighted by Crippen LogP contribution is -2.31. The number of carbonyl (C=O) groups excluding carboxylic acids is 1. The van der Waals surface area contributed by atoms with Crippen LogP contribution in [-0.4, -0.2) is 45.4 Å². The monoisotopic (exact) mass is 337 g/mol. The molecule has 2 aromatic rings. The van der Waals surface area contributed by atoms with Gasteiger partial charge in [0.25, 0.3) is 5.91 Å². The number of aryl methyl sites for hydroxylation is 1. The molecule has 2 aliphatic heterocycles. The van der Waals surface area contributed by atoms with E-state index in [-0.39, 0.29) is 11.9 Å². The van der Waals surface area contributed by atoms with Crippen LogP contribution in [0.1, 0.15) is 53.5 Å². The Hall–Kier alpha value is -2.50. The SMILES string of the molecule is Cc1cncc([C@@H]2CCCN2C(=O)c2ccnc(N3CCCC3)c2)n1. The normalized spacial score (nSPS) is 20.3. The van der Waals surface area contributed by atoms with Crippen molar-refractivity contribution in [3.63, 3.8) is 0 Å². The Bertz CT molecular complexity index is 772. The van der Waals surface area contributed by atoms with Gasteiger partial charge in [-0.25, -0.2) is 4.98 Å². The van der Waals surface area contributed by atoms with Gasteiger partial charge in [0, 0.05) is 37.6 Å². The number of nitrogens with zero attached hydrogens (tertiary/aromatic N) is 5. The zero-order valence-corrected chi connectivity index (χ0v) is 14.6. The Kier molecular flexibility index (Phi) is 4.34. The van der Waals surface area contributed by atoms with Crippen LogP contribution in [0.3, 0.4) is 0 Å². The molecule has 0 unspecified atom stereocenters. The van der Waals surface area contributed by atoms with Crippen LogP contribution in [-0.2, 0) is 0 Å². The topological polar surface area (TPSA) is 62.2 Å². The van der Waals surface area contributed by atoms with Crippen LogP contribution in [0.5, 0.6) is 0 Å². The van der Waals surface area contributed by atoms with Gasteiger partial charge in [-0.2, -0.15) is 0 Å². The Morgan fingerprint density at radius 2 is 2.00 bits per heavy atom. The summed E-state index contributed by atoms with van der Waals surface area (Å²) in [5.74, 6) is 0.975. The molecule has 0 radical (unpaired) electrons. The molecule has 4 rings (SSSR count). The van der Waals surface area contributed by atoms with Gasteiger partial charge in [0.15, 0.2) is 0 Å². The third-order valence-electron chi connectivity index (χ3n) is 5.05. The Balaban J connectivity index is 1.58. The zero-order chi connectivity index (χ0) is 17.2. The van der Waals surface area contributed by atoms with Crippen LogP contribution in [0.15, 0.2) is 30.7 Å². The van der Waals surface area contributed by atoms with Crippen LogP contribution < -0.4 is 4.90 Å². The molecular weight excluding hydrogens is 314 g/mol. The fraction of sp³-hybridized carbons (Fsp3) is 0.474. The van der Waals surface area contributed by atoms with Gasteiger partial charge in [-0.3, -0.25) is 14.8 Å². The van der Waals surface area contributed by atoms with Gasteiger partial charge < -0.3 is 9.80 Å². The van der Waals surface area contributed by atoms with Crippen LogP contribution in [0, 0.1) is 6.92 Å². The quantitative estimate of drug-likeness (QED) is 0.862. The van der Waals surface area contributed by atoms with Crippen LogP contribution >= 0.6 is 0 Å². The number of aromatic nitrogens is 3. The highest BCUT2D eigenvalue weighted by Crippen LogP contribution is 2.32. The average molecular weight is 337 g/mol. The van der Waals surface area contributed by atoms with Gasteiger partial charge in [-0.15, -0.1) is 0 Å². The van der Waals surface area contributed by atoms with Crippen molar-refractivity contribution in [2.24, 2.45) is 0 Å². The summed E-state index contributed by atoms with van der Waals surface area (Å²) in [4.78, 5) is 30.6. The maximum Gasteiger partial charge on any atom is 0.254 e. The molecule has 130 valence electrons. The fourth-order valence-corrected chi connectivity index (χ4v) is 3.80. The van der Waals surface area contributed by atoms with Crippen LogP contribution in [0.2, 0.25) is 0 Å². The number of amides is 1. The molecule has 6 heteroatoms. The first-order valence-corrected chi connectivity index (χ1v) is 9.03. The lowest BCUT2D eigenvalue weighted by atomic mass is 10.1. The van der Waals surface area contributed by atoms with E-state index in [2.05, 4.69) is 19.9 Å². The van der Waals surface area contributed by atoms with Gasteiger partial charge in [-0.1, -0.05) is 0 Å². The van der Waals surface area contributed by atoms with Crippen LogP contribution in [0.4, 0.5) is 5.82 Å². The maximum atomic E-state index is 13.1. The van der Waals surface area contributed by atoms with Crippen molar-refractivity contribution in [2.75, 3.05) is 24.5 Å². The minimum atomic E-state index is 0.0169. The van der Waals surface area contributed by atoms with Gasteiger partial charge in [0.2, 0.25) is 0 Å². The Morgan fingerprint density at radius 3 is 2.80 bits per heavy atom. The first-order valence-electron chi connectivity index (χ1n) is 9.03. The fourth-order valence-electron chi connectivity index (χ4n) is 3.80. The third kappa shape index (κ3) is 3.21. The van der Waals surface area contributed by atoms with Crippen molar-refractivity contribution in [3.8, 4) is 0 Å². The highest BCUT2D eigenvalue weighted by Gasteiger charge is 2.32. The summed E-state index contributed by atoms with van der Waals surface area (Å²) in [6, 6.07) is 3.77. The van der Waals surface area contributed by atoms with E-state index in [1.807, 2.05) is 24.0 Å². The summed E-state index contributed by atoms with van der Waals surface area (Å²) >= 11 is 0. The molecule has 0 spiro atoms. The molecule has 0 aromatic carbocycles. The summed E-state index contributed by atoms with van der Waals surface area (Å²) < 4.78 is 0. The van der Waals surface area contributed by atoms with E-state index in [1.165, 1.54) is 12.8 Å². The number of rotatable bonds is 3. The lowest BCUT2D eigenvalue weighted by molar-refractivity contribution is 0.0732. The van der Waals surface area contributed by atoms with E-state index in [0.717, 1.165) is 49.7 Å². The van der Waals surface area contributed by atoms with Crippen molar-refractivity contribution >= 4 is 11.7 Å². The van der Waals surface area contributed by atoms with E-state index in [4.69, 9.17) is 0 Å². The zero-order valence-electron chi connectivity index (χ0n) is 14.6. The first-order chi connectivity index (χ1) is 12.2. The molecule has 2 aromatic heterocycles. The molecule has 1 atom stereocenters. The molecular formula is C19H23N5O. The standard InChI is InChI=1S/C19H23N5O/c1-14-12-20-13-16(22-14)17-5-4-10-24(17)19(25)15-6-7-21-18(11-15)23-8-2-3-9-23/h6-7,11-13,17H,2-5,8-10H2,1H3/t17-/m0/s1.